The van der Waals surface area contributed by atoms with Crippen molar-refractivity contribution in [1.29, 1.82) is 0 Å². The quantitative estimate of drug-likeness (QED) is 0.730. The normalized spacial score (nSPS) is 38.4. The molecule has 3 atom stereocenters. The predicted octanol–water partition coefficient (Wildman–Crippen LogP) is 4.31. The lowest BCUT2D eigenvalue weighted by Gasteiger charge is -2.33. The van der Waals surface area contributed by atoms with Gasteiger partial charge in [0.2, 0.25) is 0 Å². The Morgan fingerprint density at radius 3 is 2.05 bits per heavy atom. The largest absolute Gasteiger partial charge is 0.412 e. The highest BCUT2D eigenvalue weighted by molar-refractivity contribution is 5.44. The topological polar surface area (TPSA) is 63.0 Å². The number of hydrogen-bond donors (Lipinski definition) is 0. The third-order valence-corrected chi connectivity index (χ3v) is 6.15. The molecule has 0 saturated heterocycles. The van der Waals surface area contributed by atoms with E-state index in [0.29, 0.717) is 0 Å². The predicted molar refractivity (Wildman–Crippen MR) is 94.5 cm³/mol. The Labute approximate surface area is 136 Å². The first-order valence-electron chi connectivity index (χ1n) is 8.90. The molecule has 2 heteroatoms. The Bertz CT molecular complexity index is 402. The van der Waals surface area contributed by atoms with E-state index >= 15 is 0 Å². The van der Waals surface area contributed by atoms with Gasteiger partial charge in [0.25, 0.3) is 0 Å². The Balaban J connectivity index is 0.00000121. The standard InChI is InChI=1S/C20H31.2H2O/c1-14-4-7-17(8-5-14)18-9-10-19(13-18)20-11-6-15(2)12-16(20)3;;/h9-10,13-17,20H,4-8,11-12H2,1-3H3;2*1H2. The van der Waals surface area contributed by atoms with Crippen molar-refractivity contribution >= 4 is 0 Å². The summed E-state index contributed by atoms with van der Waals surface area (Å²) < 4.78 is 0. The zero-order chi connectivity index (χ0) is 14.1. The smallest absolute Gasteiger partial charge is 0.00894 e. The first kappa shape index (κ1) is 19.4. The van der Waals surface area contributed by atoms with Gasteiger partial charge in [0, 0.05) is 6.42 Å². The van der Waals surface area contributed by atoms with Crippen molar-refractivity contribution in [2.24, 2.45) is 29.6 Å². The minimum Gasteiger partial charge on any atom is -0.412 e. The summed E-state index contributed by atoms with van der Waals surface area (Å²) in [5.41, 5.74) is 3.30. The van der Waals surface area contributed by atoms with E-state index in [2.05, 4.69) is 39.3 Å². The molecule has 2 fully saturated rings. The minimum absolute atomic E-state index is 0. The fourth-order valence-electron chi connectivity index (χ4n) is 4.72. The van der Waals surface area contributed by atoms with Crippen LogP contribution in [0.2, 0.25) is 0 Å². The van der Waals surface area contributed by atoms with Crippen LogP contribution in [0.1, 0.15) is 65.7 Å². The lowest BCUT2D eigenvalue weighted by Crippen LogP contribution is -2.22. The summed E-state index contributed by atoms with van der Waals surface area (Å²) in [6.45, 7) is 7.30. The van der Waals surface area contributed by atoms with E-state index in [9.17, 15) is 0 Å². The molecule has 3 aliphatic carbocycles. The highest BCUT2D eigenvalue weighted by Gasteiger charge is 2.30. The highest BCUT2D eigenvalue weighted by atomic mass is 16.0. The van der Waals surface area contributed by atoms with Crippen LogP contribution in [0.15, 0.2) is 23.3 Å². The van der Waals surface area contributed by atoms with Crippen LogP contribution in [-0.4, -0.2) is 11.0 Å². The van der Waals surface area contributed by atoms with E-state index in [-0.39, 0.29) is 11.0 Å². The average Bonchev–Trinajstić information content (AvgIpc) is 2.89. The van der Waals surface area contributed by atoms with E-state index in [4.69, 9.17) is 0 Å². The monoisotopic (exact) mass is 307 g/mol. The van der Waals surface area contributed by atoms with Gasteiger partial charge in [-0.2, -0.15) is 0 Å². The molecule has 2 saturated carbocycles. The fraction of sp³-hybridized carbons (Fsp3) is 0.750. The van der Waals surface area contributed by atoms with Gasteiger partial charge >= 0.3 is 0 Å². The second-order valence-electron chi connectivity index (χ2n) is 7.94. The van der Waals surface area contributed by atoms with E-state index in [1.54, 1.807) is 11.1 Å². The third kappa shape index (κ3) is 4.23. The van der Waals surface area contributed by atoms with Gasteiger partial charge in [-0.15, -0.1) is 0 Å². The lowest BCUT2D eigenvalue weighted by atomic mass is 9.72. The molecule has 22 heavy (non-hydrogen) atoms. The van der Waals surface area contributed by atoms with Crippen molar-refractivity contribution in [3.8, 4) is 0 Å². The van der Waals surface area contributed by atoms with E-state index < -0.39 is 0 Å². The Hall–Kier alpha value is -0.600. The fourth-order valence-corrected chi connectivity index (χ4v) is 4.72. The van der Waals surface area contributed by atoms with Crippen molar-refractivity contribution < 1.29 is 11.0 Å². The van der Waals surface area contributed by atoms with Gasteiger partial charge < -0.3 is 11.0 Å². The zero-order valence-electron chi connectivity index (χ0n) is 14.6. The maximum absolute atomic E-state index is 2.57. The maximum atomic E-state index is 2.57. The molecule has 3 rings (SSSR count). The molecule has 1 radical (unpaired) electrons. The molecule has 0 heterocycles. The van der Waals surface area contributed by atoms with Crippen LogP contribution in [0.25, 0.3) is 0 Å². The Morgan fingerprint density at radius 1 is 0.773 bits per heavy atom. The van der Waals surface area contributed by atoms with E-state index in [1.165, 1.54) is 44.9 Å². The van der Waals surface area contributed by atoms with E-state index in [1.807, 2.05) is 0 Å². The summed E-state index contributed by atoms with van der Waals surface area (Å²) in [4.78, 5) is 0. The van der Waals surface area contributed by atoms with Gasteiger partial charge in [0.1, 0.15) is 0 Å². The summed E-state index contributed by atoms with van der Waals surface area (Å²) in [6, 6.07) is 0. The summed E-state index contributed by atoms with van der Waals surface area (Å²) in [6.07, 6.45) is 17.4. The van der Waals surface area contributed by atoms with Crippen molar-refractivity contribution in [2.45, 2.75) is 65.7 Å². The molecule has 0 aromatic heterocycles. The van der Waals surface area contributed by atoms with Crippen LogP contribution < -0.4 is 0 Å². The highest BCUT2D eigenvalue weighted by Crippen LogP contribution is 2.43. The molecule has 4 N–H and O–H groups in total. The first-order valence-corrected chi connectivity index (χ1v) is 8.90. The molecular weight excluding hydrogens is 272 g/mol. The molecule has 0 amide bonds. The molecule has 0 spiro atoms. The van der Waals surface area contributed by atoms with Crippen LogP contribution in [0.3, 0.4) is 0 Å². The van der Waals surface area contributed by atoms with Crippen LogP contribution >= 0.6 is 0 Å². The van der Waals surface area contributed by atoms with Crippen LogP contribution in [-0.2, 0) is 0 Å². The van der Waals surface area contributed by atoms with Gasteiger partial charge in [-0.25, -0.2) is 0 Å². The Kier molecular flexibility index (Phi) is 7.34. The first-order chi connectivity index (χ1) is 9.63. The van der Waals surface area contributed by atoms with Gasteiger partial charge in [-0.1, -0.05) is 57.8 Å². The molecule has 127 valence electrons. The van der Waals surface area contributed by atoms with Gasteiger partial charge in [-0.3, -0.25) is 0 Å². The summed E-state index contributed by atoms with van der Waals surface area (Å²) in [5.74, 6) is 4.47. The van der Waals surface area contributed by atoms with Crippen molar-refractivity contribution in [3.05, 3.63) is 29.7 Å². The van der Waals surface area contributed by atoms with Gasteiger partial charge in [0.15, 0.2) is 0 Å². The zero-order valence-corrected chi connectivity index (χ0v) is 14.6. The molecule has 0 aliphatic heterocycles. The Morgan fingerprint density at radius 2 is 1.41 bits per heavy atom. The summed E-state index contributed by atoms with van der Waals surface area (Å²) in [7, 11) is 0. The van der Waals surface area contributed by atoms with Crippen molar-refractivity contribution in [1.82, 2.24) is 0 Å². The molecule has 0 aromatic rings. The second kappa shape index (κ2) is 8.31. The number of hydrogen-bond acceptors (Lipinski definition) is 0. The summed E-state index contributed by atoms with van der Waals surface area (Å²) >= 11 is 0. The van der Waals surface area contributed by atoms with Gasteiger partial charge in [0.05, 0.1) is 0 Å². The molecule has 0 bridgehead atoms. The lowest BCUT2D eigenvalue weighted by molar-refractivity contribution is 0.235. The van der Waals surface area contributed by atoms with E-state index in [0.717, 1.165) is 29.6 Å². The van der Waals surface area contributed by atoms with Crippen molar-refractivity contribution in [3.63, 3.8) is 0 Å². The molecule has 2 nitrogen and oxygen atoms in total. The molecule has 3 aliphatic rings. The summed E-state index contributed by atoms with van der Waals surface area (Å²) in [5, 5.41) is 0. The molecule has 0 aromatic carbocycles. The van der Waals surface area contributed by atoms with Crippen LogP contribution in [0, 0.1) is 36.0 Å². The van der Waals surface area contributed by atoms with Crippen molar-refractivity contribution in [2.75, 3.05) is 0 Å². The van der Waals surface area contributed by atoms with Crippen LogP contribution in [0.5, 0.6) is 0 Å². The maximum Gasteiger partial charge on any atom is 0.00894 e. The van der Waals surface area contributed by atoms with Crippen LogP contribution in [0.4, 0.5) is 0 Å². The molecular formula is C20H35O2. The van der Waals surface area contributed by atoms with Gasteiger partial charge in [-0.05, 0) is 60.8 Å². The number of rotatable bonds is 2. The minimum atomic E-state index is 0. The molecule has 3 unspecified atom stereocenters. The third-order valence-electron chi connectivity index (χ3n) is 6.15. The average molecular weight is 307 g/mol. The number of allylic oxidation sites excluding steroid dienone is 4. The second-order valence-corrected chi connectivity index (χ2v) is 7.94. The SMILES string of the molecule is CC1CCC(C2=C[CH]C(C3CCC(C)CC3C)=C2)CC1.O.O.